The molecule has 25 heavy (non-hydrogen) atoms. The monoisotopic (exact) mass is 344 g/mol. The van der Waals surface area contributed by atoms with Gasteiger partial charge in [-0.05, 0) is 51.9 Å². The minimum atomic E-state index is -0.171. The molecule has 6 nitrogen and oxygen atoms in total. The van der Waals surface area contributed by atoms with E-state index in [2.05, 4.69) is 29.1 Å². The molecule has 1 saturated carbocycles. The highest BCUT2D eigenvalue weighted by Gasteiger charge is 2.24. The molecule has 1 fully saturated rings. The molecule has 1 aliphatic rings. The second-order valence-electron chi connectivity index (χ2n) is 6.87. The molecule has 6 heteroatoms. The number of fused-ring (bicyclic) bond motifs is 1. The van der Waals surface area contributed by atoms with Gasteiger partial charge in [0.05, 0.1) is 23.6 Å². The van der Waals surface area contributed by atoms with Crippen LogP contribution >= 0.6 is 0 Å². The van der Waals surface area contributed by atoms with Gasteiger partial charge in [0.2, 0.25) is 11.8 Å². The second-order valence-corrected chi connectivity index (χ2v) is 6.87. The summed E-state index contributed by atoms with van der Waals surface area (Å²) in [5.74, 6) is 1.61. The fourth-order valence-electron chi connectivity index (χ4n) is 3.35. The van der Waals surface area contributed by atoms with Crippen LogP contribution in [-0.4, -0.2) is 38.8 Å². The number of rotatable bonds is 6. The van der Waals surface area contributed by atoms with E-state index in [1.165, 1.54) is 0 Å². The number of ether oxygens (including phenoxy) is 1. The van der Waals surface area contributed by atoms with Gasteiger partial charge >= 0.3 is 0 Å². The van der Waals surface area contributed by atoms with Gasteiger partial charge in [0.25, 0.3) is 0 Å². The Morgan fingerprint density at radius 2 is 1.96 bits per heavy atom. The van der Waals surface area contributed by atoms with Crippen LogP contribution in [0.15, 0.2) is 12.4 Å². The first-order valence-electron chi connectivity index (χ1n) is 9.35. The van der Waals surface area contributed by atoms with Gasteiger partial charge in [0, 0.05) is 24.0 Å². The van der Waals surface area contributed by atoms with Crippen LogP contribution in [0.2, 0.25) is 0 Å². The molecule has 0 radical (unpaired) electrons. The molecule has 0 saturated heterocycles. The first kappa shape index (κ1) is 17.9. The van der Waals surface area contributed by atoms with E-state index in [9.17, 15) is 5.11 Å². The van der Waals surface area contributed by atoms with E-state index in [0.29, 0.717) is 30.4 Å². The molecule has 2 aromatic rings. The van der Waals surface area contributed by atoms with Crippen LogP contribution in [0.4, 0.5) is 5.95 Å². The summed E-state index contributed by atoms with van der Waals surface area (Å²) in [6, 6.07) is 0.318. The van der Waals surface area contributed by atoms with Crippen LogP contribution in [0.1, 0.15) is 64.4 Å². The largest absolute Gasteiger partial charge is 0.477 e. The molecule has 0 spiro atoms. The van der Waals surface area contributed by atoms with E-state index in [4.69, 9.17) is 9.72 Å². The fraction of sp³-hybridized carbons (Fsp3) is 0.632. The fourth-order valence-corrected chi connectivity index (χ4v) is 3.35. The average molecular weight is 344 g/mol. The lowest BCUT2D eigenvalue weighted by molar-refractivity contribution is 0.122. The van der Waals surface area contributed by atoms with Gasteiger partial charge < -0.3 is 15.2 Å². The lowest BCUT2D eigenvalue weighted by Gasteiger charge is -2.26. The first-order valence-corrected chi connectivity index (χ1v) is 9.35. The molecule has 1 atom stereocenters. The highest BCUT2D eigenvalue weighted by Crippen LogP contribution is 2.37. The molecule has 1 aliphatic carbocycles. The van der Waals surface area contributed by atoms with Gasteiger partial charge in [-0.3, -0.25) is 0 Å². The molecular formula is C19H28N4O2. The molecule has 136 valence electrons. The van der Waals surface area contributed by atoms with Gasteiger partial charge in [0.15, 0.2) is 0 Å². The second kappa shape index (κ2) is 7.95. The van der Waals surface area contributed by atoms with Crippen molar-refractivity contribution >= 4 is 16.9 Å². The quantitative estimate of drug-likeness (QED) is 0.832. The number of pyridine rings is 1. The topological polar surface area (TPSA) is 80.2 Å². The molecule has 0 unspecified atom stereocenters. The predicted molar refractivity (Wildman–Crippen MR) is 99.1 cm³/mol. The minimum absolute atomic E-state index is 0.171. The van der Waals surface area contributed by atoms with E-state index in [1.807, 2.05) is 19.3 Å². The summed E-state index contributed by atoms with van der Waals surface area (Å²) < 4.78 is 5.67. The standard InChI is InChI=1S/C19H28N4O2/c1-4-12(3)22-19-21-11-16-17(23-19)15(10-20-18(16)25-5-2)13-6-8-14(24)9-7-13/h10-14,24H,4-9H2,1-3H3,(H,21,22,23)/t12-,13-,14-/m0/s1. The van der Waals surface area contributed by atoms with Crippen molar-refractivity contribution in [2.24, 2.45) is 0 Å². The van der Waals surface area contributed by atoms with Crippen molar-refractivity contribution in [3.8, 4) is 5.88 Å². The van der Waals surface area contributed by atoms with Crippen molar-refractivity contribution in [3.05, 3.63) is 18.0 Å². The molecule has 3 rings (SSSR count). The molecule has 0 aromatic carbocycles. The smallest absolute Gasteiger partial charge is 0.224 e. The van der Waals surface area contributed by atoms with E-state index in [-0.39, 0.29) is 6.10 Å². The molecule has 0 bridgehead atoms. The summed E-state index contributed by atoms with van der Waals surface area (Å²) in [5.41, 5.74) is 2.06. The Bertz CT molecular complexity index is 714. The predicted octanol–water partition coefficient (Wildman–Crippen LogP) is 3.65. The van der Waals surface area contributed by atoms with Crippen molar-refractivity contribution in [1.29, 1.82) is 0 Å². The average Bonchev–Trinajstić information content (AvgIpc) is 2.63. The van der Waals surface area contributed by atoms with E-state index in [0.717, 1.165) is 48.6 Å². The Labute approximate surface area is 149 Å². The number of nitrogens with zero attached hydrogens (tertiary/aromatic N) is 3. The van der Waals surface area contributed by atoms with Crippen molar-refractivity contribution in [2.75, 3.05) is 11.9 Å². The molecule has 2 N–H and O–H groups in total. The number of anilines is 1. The highest BCUT2D eigenvalue weighted by molar-refractivity contribution is 5.86. The van der Waals surface area contributed by atoms with Gasteiger partial charge in [-0.1, -0.05) is 6.92 Å². The number of hydrogen-bond donors (Lipinski definition) is 2. The highest BCUT2D eigenvalue weighted by atomic mass is 16.5. The Balaban J connectivity index is 2.02. The van der Waals surface area contributed by atoms with Gasteiger partial charge in [-0.15, -0.1) is 0 Å². The number of aromatic nitrogens is 3. The van der Waals surface area contributed by atoms with E-state index >= 15 is 0 Å². The Morgan fingerprint density at radius 3 is 2.64 bits per heavy atom. The molecule has 0 aliphatic heterocycles. The number of aliphatic hydroxyl groups excluding tert-OH is 1. The zero-order valence-corrected chi connectivity index (χ0v) is 15.3. The third kappa shape index (κ3) is 4.00. The van der Waals surface area contributed by atoms with E-state index < -0.39 is 0 Å². The van der Waals surface area contributed by atoms with Gasteiger partial charge in [-0.2, -0.15) is 0 Å². The van der Waals surface area contributed by atoms with Crippen LogP contribution in [0.25, 0.3) is 10.9 Å². The van der Waals surface area contributed by atoms with Gasteiger partial charge in [-0.25, -0.2) is 15.0 Å². The Kier molecular flexibility index (Phi) is 5.68. The molecule has 2 heterocycles. The molecule has 2 aromatic heterocycles. The summed E-state index contributed by atoms with van der Waals surface area (Å²) in [6.07, 6.45) is 8.14. The maximum Gasteiger partial charge on any atom is 0.224 e. The van der Waals surface area contributed by atoms with Crippen LogP contribution in [0, 0.1) is 0 Å². The zero-order valence-electron chi connectivity index (χ0n) is 15.3. The third-order valence-corrected chi connectivity index (χ3v) is 5.02. The lowest BCUT2D eigenvalue weighted by Crippen LogP contribution is -2.18. The maximum atomic E-state index is 9.80. The van der Waals surface area contributed by atoms with Crippen LogP contribution < -0.4 is 10.1 Å². The van der Waals surface area contributed by atoms with Crippen LogP contribution in [0.3, 0.4) is 0 Å². The normalized spacial score (nSPS) is 21.9. The summed E-state index contributed by atoms with van der Waals surface area (Å²) in [6.45, 7) is 6.76. The Morgan fingerprint density at radius 1 is 1.20 bits per heavy atom. The van der Waals surface area contributed by atoms with Crippen molar-refractivity contribution < 1.29 is 9.84 Å². The van der Waals surface area contributed by atoms with Crippen LogP contribution in [0.5, 0.6) is 5.88 Å². The number of aliphatic hydroxyl groups is 1. The summed E-state index contributed by atoms with van der Waals surface area (Å²) >= 11 is 0. The SMILES string of the molecule is CCOc1ncc([C@H]2CC[C@H](O)CC2)c2nc(N[C@@H](C)CC)ncc12. The zero-order chi connectivity index (χ0) is 17.8. The minimum Gasteiger partial charge on any atom is -0.477 e. The van der Waals surface area contributed by atoms with Crippen molar-refractivity contribution in [2.45, 2.75) is 70.9 Å². The number of hydrogen-bond acceptors (Lipinski definition) is 6. The van der Waals surface area contributed by atoms with Crippen LogP contribution in [-0.2, 0) is 0 Å². The van der Waals surface area contributed by atoms with Crippen molar-refractivity contribution in [3.63, 3.8) is 0 Å². The molecule has 0 amide bonds. The molecular weight excluding hydrogens is 316 g/mol. The Hall–Kier alpha value is -1.95. The summed E-state index contributed by atoms with van der Waals surface area (Å²) in [4.78, 5) is 13.8. The number of nitrogens with one attached hydrogen (secondary N) is 1. The summed E-state index contributed by atoms with van der Waals surface area (Å²) in [7, 11) is 0. The van der Waals surface area contributed by atoms with E-state index in [1.54, 1.807) is 0 Å². The van der Waals surface area contributed by atoms with Crippen molar-refractivity contribution in [1.82, 2.24) is 15.0 Å². The first-order chi connectivity index (χ1) is 12.1. The lowest BCUT2D eigenvalue weighted by atomic mass is 9.83. The third-order valence-electron chi connectivity index (χ3n) is 5.02. The van der Waals surface area contributed by atoms with Gasteiger partial charge in [0.1, 0.15) is 0 Å². The summed E-state index contributed by atoms with van der Waals surface area (Å²) in [5, 5.41) is 14.0. The maximum absolute atomic E-state index is 9.80.